The van der Waals surface area contributed by atoms with Crippen LogP contribution in [0.4, 0.5) is 0 Å². The Balaban J connectivity index is 2.22. The number of carboxylic acids is 1. The van der Waals surface area contributed by atoms with E-state index in [9.17, 15) is 18.3 Å². The Morgan fingerprint density at radius 2 is 2.22 bits per heavy atom. The number of sulfonamides is 1. The van der Waals surface area contributed by atoms with Crippen LogP contribution in [0, 0.1) is 5.92 Å². The van der Waals surface area contributed by atoms with Gasteiger partial charge in [-0.15, -0.1) is 11.3 Å². The molecule has 0 radical (unpaired) electrons. The highest BCUT2D eigenvalue weighted by atomic mass is 79.9. The van der Waals surface area contributed by atoms with E-state index < -0.39 is 21.9 Å². The summed E-state index contributed by atoms with van der Waals surface area (Å²) in [6, 6.07) is 3.18. The fraction of sp³-hybridized carbons (Fsp3) is 0.500. The van der Waals surface area contributed by atoms with Crippen LogP contribution in [0.2, 0.25) is 0 Å². The first-order chi connectivity index (χ1) is 8.41. The molecule has 1 aromatic rings. The Bertz CT molecular complexity index is 554. The number of piperidine rings is 1. The fourth-order valence-electron chi connectivity index (χ4n) is 1.92. The lowest BCUT2D eigenvalue weighted by Gasteiger charge is -2.31. The van der Waals surface area contributed by atoms with Gasteiger partial charge in [0.2, 0.25) is 0 Å². The summed E-state index contributed by atoms with van der Waals surface area (Å²) in [5, 5.41) is 10.8. The second kappa shape index (κ2) is 5.28. The summed E-state index contributed by atoms with van der Waals surface area (Å²) in [7, 11) is -3.58. The SMILES string of the molecule is O=C([O-])[C@H]1CCCN(S(=O)(=O)c2ccc(Br)s2)C1. The third kappa shape index (κ3) is 2.76. The minimum atomic E-state index is -3.58. The quantitative estimate of drug-likeness (QED) is 0.800. The lowest BCUT2D eigenvalue weighted by molar-refractivity contribution is -0.312. The number of hydrogen-bond acceptors (Lipinski definition) is 5. The van der Waals surface area contributed by atoms with Crippen LogP contribution in [0.5, 0.6) is 0 Å². The molecule has 0 aliphatic carbocycles. The molecule has 100 valence electrons. The Kier molecular flexibility index (Phi) is 4.10. The lowest BCUT2D eigenvalue weighted by atomic mass is 10.0. The van der Waals surface area contributed by atoms with Crippen molar-refractivity contribution in [2.75, 3.05) is 13.1 Å². The van der Waals surface area contributed by atoms with Crippen LogP contribution >= 0.6 is 27.3 Å². The summed E-state index contributed by atoms with van der Waals surface area (Å²) in [4.78, 5) is 10.8. The van der Waals surface area contributed by atoms with E-state index in [1.54, 1.807) is 6.07 Å². The molecule has 0 bridgehead atoms. The van der Waals surface area contributed by atoms with Crippen molar-refractivity contribution in [3.8, 4) is 0 Å². The van der Waals surface area contributed by atoms with Crippen molar-refractivity contribution in [2.24, 2.45) is 5.92 Å². The molecule has 1 aromatic heterocycles. The molecular formula is C10H11BrNO4S2-. The third-order valence-electron chi connectivity index (χ3n) is 2.86. The molecule has 1 saturated heterocycles. The fourth-order valence-corrected chi connectivity index (χ4v) is 5.60. The molecule has 2 rings (SSSR count). The molecule has 0 saturated carbocycles. The zero-order chi connectivity index (χ0) is 13.3. The number of carboxylic acid groups (broad SMARTS) is 1. The maximum atomic E-state index is 12.3. The number of rotatable bonds is 3. The molecule has 2 heterocycles. The van der Waals surface area contributed by atoms with Crippen molar-refractivity contribution < 1.29 is 18.3 Å². The van der Waals surface area contributed by atoms with Crippen LogP contribution in [0.3, 0.4) is 0 Å². The van der Waals surface area contributed by atoms with Crippen molar-refractivity contribution in [1.29, 1.82) is 0 Å². The van der Waals surface area contributed by atoms with Gasteiger partial charge in [-0.05, 0) is 40.9 Å². The van der Waals surface area contributed by atoms with Crippen LogP contribution in [-0.2, 0) is 14.8 Å². The maximum Gasteiger partial charge on any atom is 0.252 e. The first kappa shape index (κ1) is 14.0. The smallest absolute Gasteiger partial charge is 0.252 e. The Morgan fingerprint density at radius 3 is 2.78 bits per heavy atom. The van der Waals surface area contributed by atoms with Gasteiger partial charge in [0.1, 0.15) is 4.21 Å². The first-order valence-electron chi connectivity index (χ1n) is 5.37. The monoisotopic (exact) mass is 352 g/mol. The third-order valence-corrected chi connectivity index (χ3v) is 6.82. The van der Waals surface area contributed by atoms with Crippen molar-refractivity contribution in [1.82, 2.24) is 4.31 Å². The average Bonchev–Trinajstić information content (AvgIpc) is 2.77. The summed E-state index contributed by atoms with van der Waals surface area (Å²) >= 11 is 4.34. The van der Waals surface area contributed by atoms with Gasteiger partial charge in [0, 0.05) is 25.0 Å². The molecule has 1 atom stereocenters. The second-order valence-corrected chi connectivity index (χ2v) is 8.71. The van der Waals surface area contributed by atoms with E-state index in [0.717, 1.165) is 15.1 Å². The zero-order valence-electron chi connectivity index (χ0n) is 9.34. The van der Waals surface area contributed by atoms with Crippen LogP contribution in [0.25, 0.3) is 0 Å². The largest absolute Gasteiger partial charge is 0.550 e. The Morgan fingerprint density at radius 1 is 1.50 bits per heavy atom. The van der Waals surface area contributed by atoms with Crippen molar-refractivity contribution in [3.05, 3.63) is 15.9 Å². The highest BCUT2D eigenvalue weighted by Gasteiger charge is 2.31. The molecule has 1 aliphatic heterocycles. The van der Waals surface area contributed by atoms with Gasteiger partial charge in [-0.2, -0.15) is 4.31 Å². The predicted octanol–water partition coefficient (Wildman–Crippen LogP) is 0.661. The average molecular weight is 353 g/mol. The summed E-state index contributed by atoms with van der Waals surface area (Å²) in [5.41, 5.74) is 0. The molecule has 18 heavy (non-hydrogen) atoms. The van der Waals surface area contributed by atoms with E-state index >= 15 is 0 Å². The molecule has 0 aromatic carbocycles. The molecule has 0 spiro atoms. The number of nitrogens with zero attached hydrogens (tertiary/aromatic N) is 1. The number of hydrogen-bond donors (Lipinski definition) is 0. The van der Waals surface area contributed by atoms with E-state index in [2.05, 4.69) is 15.9 Å². The Labute approximate surface area is 118 Å². The zero-order valence-corrected chi connectivity index (χ0v) is 12.6. The predicted molar refractivity (Wildman–Crippen MR) is 68.5 cm³/mol. The minimum absolute atomic E-state index is 0.000184. The van der Waals surface area contributed by atoms with Gasteiger partial charge in [0.05, 0.1) is 3.79 Å². The van der Waals surface area contributed by atoms with Crippen molar-refractivity contribution in [3.63, 3.8) is 0 Å². The van der Waals surface area contributed by atoms with Crippen molar-refractivity contribution >= 4 is 43.3 Å². The van der Waals surface area contributed by atoms with E-state index in [1.807, 2.05) is 0 Å². The van der Waals surface area contributed by atoms with Gasteiger partial charge in [0.25, 0.3) is 10.0 Å². The topological polar surface area (TPSA) is 77.5 Å². The molecule has 0 N–H and O–H groups in total. The molecule has 8 heteroatoms. The van der Waals surface area contributed by atoms with Gasteiger partial charge < -0.3 is 9.90 Å². The van der Waals surface area contributed by atoms with Gasteiger partial charge in [-0.25, -0.2) is 8.42 Å². The normalized spacial score (nSPS) is 21.9. The van der Waals surface area contributed by atoms with Crippen LogP contribution in [0.1, 0.15) is 12.8 Å². The number of halogens is 1. The van der Waals surface area contributed by atoms with Crippen LogP contribution in [-0.4, -0.2) is 31.8 Å². The standard InChI is InChI=1S/C10H12BrNO4S2/c11-8-3-4-9(17-8)18(15,16)12-5-1-2-7(6-12)10(13)14/h3-4,7H,1-2,5-6H2,(H,13,14)/p-1/t7-/m0/s1. The maximum absolute atomic E-state index is 12.3. The molecule has 0 amide bonds. The summed E-state index contributed by atoms with van der Waals surface area (Å²) in [6.07, 6.45) is 1.02. The number of carbonyl (C=O) groups is 1. The minimum Gasteiger partial charge on any atom is -0.550 e. The van der Waals surface area contributed by atoms with E-state index in [4.69, 9.17) is 0 Å². The van der Waals surface area contributed by atoms with E-state index in [0.29, 0.717) is 19.4 Å². The highest BCUT2D eigenvalue weighted by molar-refractivity contribution is 9.11. The number of aliphatic carboxylic acids is 1. The first-order valence-corrected chi connectivity index (χ1v) is 8.42. The molecule has 1 fully saturated rings. The molecule has 1 aliphatic rings. The van der Waals surface area contributed by atoms with Gasteiger partial charge in [0.15, 0.2) is 0 Å². The van der Waals surface area contributed by atoms with Crippen LogP contribution in [0.15, 0.2) is 20.1 Å². The second-order valence-electron chi connectivity index (χ2n) is 4.08. The molecule has 5 nitrogen and oxygen atoms in total. The van der Waals surface area contributed by atoms with E-state index in [1.165, 1.54) is 10.4 Å². The molecule has 0 unspecified atom stereocenters. The lowest BCUT2D eigenvalue weighted by Crippen LogP contribution is -2.45. The van der Waals surface area contributed by atoms with E-state index in [-0.39, 0.29) is 10.8 Å². The van der Waals surface area contributed by atoms with Gasteiger partial charge in [-0.1, -0.05) is 0 Å². The number of thiophene rings is 1. The summed E-state index contributed by atoms with van der Waals surface area (Å²) < 4.78 is 26.7. The van der Waals surface area contributed by atoms with Crippen molar-refractivity contribution in [2.45, 2.75) is 17.1 Å². The van der Waals surface area contributed by atoms with Gasteiger partial charge >= 0.3 is 0 Å². The van der Waals surface area contributed by atoms with Gasteiger partial charge in [-0.3, -0.25) is 0 Å². The summed E-state index contributed by atoms with van der Waals surface area (Å²) in [6.45, 7) is 0.363. The highest BCUT2D eigenvalue weighted by Crippen LogP contribution is 2.30. The van der Waals surface area contributed by atoms with Crippen LogP contribution < -0.4 is 5.11 Å². The molecular weight excluding hydrogens is 342 g/mol. The number of carbonyl (C=O) groups excluding carboxylic acids is 1. The summed E-state index contributed by atoms with van der Waals surface area (Å²) in [5.74, 6) is -1.89. The Hall–Kier alpha value is -0.440.